The van der Waals surface area contributed by atoms with Gasteiger partial charge in [-0.05, 0) is 18.7 Å². The molecule has 2 N–H and O–H groups in total. The number of nitrogens with two attached hydrogens (primary N) is 1. The van der Waals surface area contributed by atoms with Crippen molar-refractivity contribution < 1.29 is 8.94 Å². The van der Waals surface area contributed by atoms with E-state index in [2.05, 4.69) is 17.0 Å². The van der Waals surface area contributed by atoms with E-state index in [9.17, 15) is 0 Å². The Balaban J connectivity index is 2.03. The van der Waals surface area contributed by atoms with Crippen LogP contribution in [0.2, 0.25) is 0 Å². The fraction of sp³-hybridized carbons (Fsp3) is 0.417. The van der Waals surface area contributed by atoms with E-state index >= 15 is 0 Å². The van der Waals surface area contributed by atoms with Crippen molar-refractivity contribution in [3.8, 4) is 11.5 Å². The molecule has 0 atom stereocenters. The zero-order valence-corrected chi connectivity index (χ0v) is 9.93. The highest BCUT2D eigenvalue weighted by Crippen LogP contribution is 2.20. The number of hydrogen-bond donors (Lipinski definition) is 1. The smallest absolute Gasteiger partial charge is 0.202 e. The van der Waals surface area contributed by atoms with E-state index in [1.54, 1.807) is 6.26 Å². The first-order valence-corrected chi connectivity index (χ1v) is 5.75. The molecule has 0 fully saturated rings. The quantitative estimate of drug-likeness (QED) is 0.825. The number of rotatable bonds is 6. The van der Waals surface area contributed by atoms with Crippen LogP contribution in [0.15, 0.2) is 33.4 Å². The van der Waals surface area contributed by atoms with Crippen molar-refractivity contribution in [2.24, 2.45) is 5.73 Å². The Morgan fingerprint density at radius 1 is 1.41 bits per heavy atom. The van der Waals surface area contributed by atoms with Gasteiger partial charge in [0.1, 0.15) is 0 Å². The molecule has 0 saturated carbocycles. The van der Waals surface area contributed by atoms with Gasteiger partial charge in [0.25, 0.3) is 0 Å². The van der Waals surface area contributed by atoms with Gasteiger partial charge in [-0.1, -0.05) is 12.1 Å². The second kappa shape index (κ2) is 5.65. The minimum Gasteiger partial charge on any atom is -0.461 e. The molecule has 2 rings (SSSR count). The predicted octanol–water partition coefficient (Wildman–Crippen LogP) is 1.72. The van der Waals surface area contributed by atoms with Crippen LogP contribution in [0.25, 0.3) is 11.5 Å². The van der Waals surface area contributed by atoms with E-state index < -0.39 is 0 Å². The third kappa shape index (κ3) is 2.95. The molecule has 0 aliphatic heterocycles. The SMILES string of the molecule is CCN(CCN)Cc1cc(-c2ccco2)on1. The van der Waals surface area contributed by atoms with E-state index in [1.165, 1.54) is 0 Å². The van der Waals surface area contributed by atoms with Crippen molar-refractivity contribution in [1.29, 1.82) is 0 Å². The van der Waals surface area contributed by atoms with Crippen LogP contribution in [-0.2, 0) is 6.54 Å². The first-order chi connectivity index (χ1) is 8.33. The van der Waals surface area contributed by atoms with Gasteiger partial charge < -0.3 is 14.7 Å². The van der Waals surface area contributed by atoms with Crippen molar-refractivity contribution in [3.05, 3.63) is 30.2 Å². The molecule has 0 spiro atoms. The minimum absolute atomic E-state index is 0.650. The van der Waals surface area contributed by atoms with Crippen LogP contribution in [0.3, 0.4) is 0 Å². The van der Waals surface area contributed by atoms with Gasteiger partial charge in [0, 0.05) is 25.7 Å². The summed E-state index contributed by atoms with van der Waals surface area (Å²) in [7, 11) is 0. The van der Waals surface area contributed by atoms with E-state index in [4.69, 9.17) is 14.7 Å². The molecule has 0 saturated heterocycles. The molecule has 2 aromatic heterocycles. The average molecular weight is 235 g/mol. The van der Waals surface area contributed by atoms with Crippen molar-refractivity contribution in [3.63, 3.8) is 0 Å². The van der Waals surface area contributed by atoms with Gasteiger partial charge in [0.05, 0.1) is 12.0 Å². The summed E-state index contributed by atoms with van der Waals surface area (Å²) in [5, 5.41) is 4.02. The standard InChI is InChI=1S/C12H17N3O2/c1-2-15(6-5-13)9-10-8-12(17-14-10)11-4-3-7-16-11/h3-4,7-8H,2,5-6,9,13H2,1H3. The van der Waals surface area contributed by atoms with E-state index in [0.717, 1.165) is 25.3 Å². The lowest BCUT2D eigenvalue weighted by Crippen LogP contribution is -2.28. The summed E-state index contributed by atoms with van der Waals surface area (Å²) in [4.78, 5) is 2.21. The van der Waals surface area contributed by atoms with Crippen molar-refractivity contribution in [2.45, 2.75) is 13.5 Å². The molecule has 0 radical (unpaired) electrons. The summed E-state index contributed by atoms with van der Waals surface area (Å²) in [6, 6.07) is 5.57. The maximum atomic E-state index is 5.54. The number of furan rings is 1. The first kappa shape index (κ1) is 11.9. The van der Waals surface area contributed by atoms with Crippen molar-refractivity contribution >= 4 is 0 Å². The topological polar surface area (TPSA) is 68.4 Å². The Labute approximate surface area is 100 Å². The highest BCUT2D eigenvalue weighted by atomic mass is 16.5. The van der Waals surface area contributed by atoms with Crippen molar-refractivity contribution in [1.82, 2.24) is 10.1 Å². The van der Waals surface area contributed by atoms with Gasteiger partial charge in [-0.25, -0.2) is 0 Å². The van der Waals surface area contributed by atoms with Gasteiger partial charge in [0.2, 0.25) is 5.76 Å². The minimum atomic E-state index is 0.650. The van der Waals surface area contributed by atoms with Crippen LogP contribution in [-0.4, -0.2) is 29.7 Å². The first-order valence-electron chi connectivity index (χ1n) is 5.75. The monoisotopic (exact) mass is 235 g/mol. The summed E-state index contributed by atoms with van der Waals surface area (Å²) in [5.74, 6) is 1.36. The number of nitrogens with zero attached hydrogens (tertiary/aromatic N) is 2. The Morgan fingerprint density at radius 2 is 2.29 bits per heavy atom. The maximum Gasteiger partial charge on any atom is 0.202 e. The molecule has 5 heteroatoms. The highest BCUT2D eigenvalue weighted by molar-refractivity contribution is 5.49. The second-order valence-electron chi connectivity index (χ2n) is 3.82. The van der Waals surface area contributed by atoms with Crippen LogP contribution in [0, 0.1) is 0 Å². The second-order valence-corrected chi connectivity index (χ2v) is 3.82. The Bertz CT molecular complexity index is 436. The van der Waals surface area contributed by atoms with Gasteiger partial charge in [0.15, 0.2) is 5.76 Å². The Kier molecular flexibility index (Phi) is 3.95. The Hall–Kier alpha value is -1.59. The lowest BCUT2D eigenvalue weighted by molar-refractivity contribution is 0.277. The van der Waals surface area contributed by atoms with Gasteiger partial charge >= 0.3 is 0 Å². The molecule has 0 bridgehead atoms. The predicted molar refractivity (Wildman–Crippen MR) is 64.2 cm³/mol. The molecule has 0 aliphatic carbocycles. The molecule has 0 aliphatic rings. The summed E-state index contributed by atoms with van der Waals surface area (Å²) < 4.78 is 10.5. The molecule has 0 amide bonds. The zero-order chi connectivity index (χ0) is 12.1. The number of hydrogen-bond acceptors (Lipinski definition) is 5. The summed E-state index contributed by atoms with van der Waals surface area (Å²) in [5.41, 5.74) is 6.44. The Morgan fingerprint density at radius 3 is 2.94 bits per heavy atom. The fourth-order valence-electron chi connectivity index (χ4n) is 1.68. The maximum absolute atomic E-state index is 5.54. The molecule has 0 unspecified atom stereocenters. The van der Waals surface area contributed by atoms with E-state index in [0.29, 0.717) is 18.1 Å². The largest absolute Gasteiger partial charge is 0.461 e. The average Bonchev–Trinajstić information content (AvgIpc) is 2.98. The van der Waals surface area contributed by atoms with Gasteiger partial charge in [-0.3, -0.25) is 4.90 Å². The van der Waals surface area contributed by atoms with Crippen molar-refractivity contribution in [2.75, 3.05) is 19.6 Å². The molecule has 2 heterocycles. The van der Waals surface area contributed by atoms with Crippen LogP contribution in [0.5, 0.6) is 0 Å². The van der Waals surface area contributed by atoms with Gasteiger partial charge in [-0.15, -0.1) is 0 Å². The summed E-state index contributed by atoms with van der Waals surface area (Å²) >= 11 is 0. The van der Waals surface area contributed by atoms with Crippen LogP contribution >= 0.6 is 0 Å². The van der Waals surface area contributed by atoms with Crippen LogP contribution in [0.4, 0.5) is 0 Å². The van der Waals surface area contributed by atoms with E-state index in [-0.39, 0.29) is 0 Å². The number of aromatic nitrogens is 1. The van der Waals surface area contributed by atoms with Crippen LogP contribution < -0.4 is 5.73 Å². The third-order valence-electron chi connectivity index (χ3n) is 2.60. The molecule has 17 heavy (non-hydrogen) atoms. The molecule has 5 nitrogen and oxygen atoms in total. The highest BCUT2D eigenvalue weighted by Gasteiger charge is 2.11. The summed E-state index contributed by atoms with van der Waals surface area (Å²) in [6.45, 7) is 5.30. The lowest BCUT2D eigenvalue weighted by atomic mass is 10.3. The fourth-order valence-corrected chi connectivity index (χ4v) is 1.68. The summed E-state index contributed by atoms with van der Waals surface area (Å²) in [6.07, 6.45) is 1.62. The molecular formula is C12H17N3O2. The molecule has 2 aromatic rings. The molecule has 0 aromatic carbocycles. The lowest BCUT2D eigenvalue weighted by Gasteiger charge is -2.17. The zero-order valence-electron chi connectivity index (χ0n) is 9.93. The molecule has 92 valence electrons. The third-order valence-corrected chi connectivity index (χ3v) is 2.60. The van der Waals surface area contributed by atoms with Crippen LogP contribution in [0.1, 0.15) is 12.6 Å². The normalized spacial score (nSPS) is 11.2. The van der Waals surface area contributed by atoms with Gasteiger partial charge in [-0.2, -0.15) is 0 Å². The molecular weight excluding hydrogens is 218 g/mol. The number of likely N-dealkylation sites (N-methyl/N-ethyl adjacent to an activating group) is 1. The van der Waals surface area contributed by atoms with E-state index in [1.807, 2.05) is 18.2 Å².